The van der Waals surface area contributed by atoms with Crippen molar-refractivity contribution in [2.45, 2.75) is 6.18 Å². The molecule has 98 valence electrons. The van der Waals surface area contributed by atoms with E-state index in [1.165, 1.54) is 6.07 Å². The third kappa shape index (κ3) is 3.00. The number of alkyl halides is 3. The fourth-order valence-electron chi connectivity index (χ4n) is 1.18. The predicted molar refractivity (Wildman–Crippen MR) is 58.3 cm³/mol. The smallest absolute Gasteiger partial charge is 0.428 e. The average Bonchev–Trinajstić information content (AvgIpc) is 2.80. The van der Waals surface area contributed by atoms with Crippen molar-refractivity contribution < 1.29 is 22.3 Å². The first-order chi connectivity index (χ1) is 8.90. The fraction of sp³-hybridized carbons (Fsp3) is 0.0909. The molecule has 3 nitrogen and oxygen atoms in total. The topological polar surface area (TPSA) is 45.9 Å². The van der Waals surface area contributed by atoms with Gasteiger partial charge in [-0.15, -0.1) is 0 Å². The van der Waals surface area contributed by atoms with Crippen LogP contribution in [0.4, 0.5) is 17.6 Å². The monoisotopic (exact) mass is 288 g/mol. The molecule has 0 radical (unpaired) electrons. The quantitative estimate of drug-likeness (QED) is 0.786. The standard InChI is InChI=1S/C11H4F4N2OS/c12-7-3-6(4-16)1-2-8(7)18-10-17-9(5-19-10)11(13,14)15/h1-3,5H. The Labute approximate surface area is 108 Å². The largest absolute Gasteiger partial charge is 0.434 e. The van der Waals surface area contributed by atoms with Gasteiger partial charge in [0.15, 0.2) is 17.3 Å². The molecule has 2 rings (SSSR count). The van der Waals surface area contributed by atoms with Gasteiger partial charge in [-0.2, -0.15) is 23.4 Å². The fourth-order valence-corrected chi connectivity index (χ4v) is 1.87. The van der Waals surface area contributed by atoms with Gasteiger partial charge >= 0.3 is 6.18 Å². The van der Waals surface area contributed by atoms with E-state index >= 15 is 0 Å². The highest BCUT2D eigenvalue weighted by Crippen LogP contribution is 2.34. The van der Waals surface area contributed by atoms with Gasteiger partial charge in [-0.25, -0.2) is 4.39 Å². The van der Waals surface area contributed by atoms with Gasteiger partial charge in [-0.1, -0.05) is 11.3 Å². The summed E-state index contributed by atoms with van der Waals surface area (Å²) in [6.07, 6.45) is -4.57. The maximum Gasteiger partial charge on any atom is 0.434 e. The van der Waals surface area contributed by atoms with Gasteiger partial charge in [-0.05, 0) is 18.2 Å². The van der Waals surface area contributed by atoms with E-state index in [9.17, 15) is 17.6 Å². The van der Waals surface area contributed by atoms with Gasteiger partial charge in [0.25, 0.3) is 5.19 Å². The van der Waals surface area contributed by atoms with Crippen LogP contribution in [0.15, 0.2) is 23.6 Å². The maximum atomic E-state index is 13.4. The predicted octanol–water partition coefficient (Wildman–Crippen LogP) is 3.96. The van der Waals surface area contributed by atoms with E-state index < -0.39 is 17.7 Å². The van der Waals surface area contributed by atoms with E-state index in [1.807, 2.05) is 0 Å². The zero-order valence-corrected chi connectivity index (χ0v) is 9.85. The second-order valence-corrected chi connectivity index (χ2v) is 4.18. The van der Waals surface area contributed by atoms with Crippen LogP contribution in [0, 0.1) is 17.1 Å². The van der Waals surface area contributed by atoms with Crippen LogP contribution in [-0.2, 0) is 6.18 Å². The van der Waals surface area contributed by atoms with E-state index in [2.05, 4.69) is 4.98 Å². The second kappa shape index (κ2) is 4.85. The van der Waals surface area contributed by atoms with Gasteiger partial charge in [0.2, 0.25) is 0 Å². The number of benzene rings is 1. The van der Waals surface area contributed by atoms with E-state index in [0.29, 0.717) is 11.3 Å². The number of rotatable bonds is 2. The third-order valence-corrected chi connectivity index (χ3v) is 2.75. The summed E-state index contributed by atoms with van der Waals surface area (Å²) < 4.78 is 55.2. The molecule has 0 fully saturated rings. The summed E-state index contributed by atoms with van der Waals surface area (Å²) in [6.45, 7) is 0. The molecule has 0 saturated carbocycles. The summed E-state index contributed by atoms with van der Waals surface area (Å²) in [4.78, 5) is 3.20. The number of nitriles is 1. The highest BCUT2D eigenvalue weighted by molar-refractivity contribution is 7.11. The Kier molecular flexibility index (Phi) is 3.40. The van der Waals surface area contributed by atoms with Crippen molar-refractivity contribution in [1.82, 2.24) is 4.98 Å². The highest BCUT2D eigenvalue weighted by atomic mass is 32.1. The molecule has 0 unspecified atom stereocenters. The first-order valence-corrected chi connectivity index (χ1v) is 5.68. The van der Waals surface area contributed by atoms with Crippen molar-refractivity contribution in [2.24, 2.45) is 0 Å². The van der Waals surface area contributed by atoms with Crippen LogP contribution in [0.3, 0.4) is 0 Å². The van der Waals surface area contributed by atoms with E-state index in [1.54, 1.807) is 6.07 Å². The van der Waals surface area contributed by atoms with Crippen molar-refractivity contribution in [3.8, 4) is 17.0 Å². The van der Waals surface area contributed by atoms with Crippen LogP contribution in [0.5, 0.6) is 10.9 Å². The highest BCUT2D eigenvalue weighted by Gasteiger charge is 2.34. The number of hydrogen-bond donors (Lipinski definition) is 0. The minimum atomic E-state index is -4.57. The van der Waals surface area contributed by atoms with Crippen LogP contribution in [0.2, 0.25) is 0 Å². The maximum absolute atomic E-state index is 13.4. The Balaban J connectivity index is 2.22. The molecule has 8 heteroatoms. The molecule has 1 aromatic carbocycles. The zero-order chi connectivity index (χ0) is 14.0. The SMILES string of the molecule is N#Cc1ccc(Oc2nc(C(F)(F)F)cs2)c(F)c1. The van der Waals surface area contributed by atoms with E-state index in [0.717, 1.165) is 17.5 Å². The first kappa shape index (κ1) is 13.3. The van der Waals surface area contributed by atoms with Gasteiger partial charge < -0.3 is 4.74 Å². The molecular formula is C11H4F4N2OS. The first-order valence-electron chi connectivity index (χ1n) is 4.80. The lowest BCUT2D eigenvalue weighted by Crippen LogP contribution is -2.04. The molecular weight excluding hydrogens is 284 g/mol. The molecule has 0 saturated heterocycles. The molecule has 19 heavy (non-hydrogen) atoms. The third-order valence-electron chi connectivity index (χ3n) is 2.03. The molecule has 1 heterocycles. The molecule has 0 amide bonds. The van der Waals surface area contributed by atoms with Crippen molar-refractivity contribution in [1.29, 1.82) is 5.26 Å². The molecule has 0 bridgehead atoms. The van der Waals surface area contributed by atoms with E-state index in [-0.39, 0.29) is 16.5 Å². The number of halogens is 4. The Hall–Kier alpha value is -2.14. The van der Waals surface area contributed by atoms with Gasteiger partial charge in [0.05, 0.1) is 11.6 Å². The Morgan fingerprint density at radius 3 is 2.58 bits per heavy atom. The average molecular weight is 288 g/mol. The van der Waals surface area contributed by atoms with Crippen molar-refractivity contribution in [3.05, 3.63) is 40.7 Å². The Morgan fingerprint density at radius 1 is 1.32 bits per heavy atom. The summed E-state index contributed by atoms with van der Waals surface area (Å²) in [5.74, 6) is -1.13. The van der Waals surface area contributed by atoms with Crippen molar-refractivity contribution >= 4 is 11.3 Å². The second-order valence-electron chi connectivity index (χ2n) is 3.36. The van der Waals surface area contributed by atoms with Crippen LogP contribution in [0.25, 0.3) is 0 Å². The molecule has 0 N–H and O–H groups in total. The Morgan fingerprint density at radius 2 is 2.05 bits per heavy atom. The van der Waals surface area contributed by atoms with Crippen LogP contribution < -0.4 is 4.74 Å². The number of aromatic nitrogens is 1. The summed E-state index contributed by atoms with van der Waals surface area (Å²) >= 11 is 0.605. The molecule has 1 aromatic heterocycles. The van der Waals surface area contributed by atoms with Gasteiger partial charge in [0, 0.05) is 5.38 Å². The normalized spacial score (nSPS) is 11.1. The minimum Gasteiger partial charge on any atom is -0.428 e. The summed E-state index contributed by atoms with van der Waals surface area (Å²) in [7, 11) is 0. The van der Waals surface area contributed by atoms with Gasteiger partial charge in [0.1, 0.15) is 0 Å². The number of ether oxygens (including phenoxy) is 1. The lowest BCUT2D eigenvalue weighted by molar-refractivity contribution is -0.140. The van der Waals surface area contributed by atoms with Gasteiger partial charge in [-0.3, -0.25) is 0 Å². The zero-order valence-electron chi connectivity index (χ0n) is 9.03. The molecule has 0 aliphatic carbocycles. The van der Waals surface area contributed by atoms with E-state index in [4.69, 9.17) is 10.00 Å². The molecule has 0 atom stereocenters. The number of thiazole rings is 1. The summed E-state index contributed by atoms with van der Waals surface area (Å²) in [6, 6.07) is 5.09. The van der Waals surface area contributed by atoms with Crippen LogP contribution >= 0.6 is 11.3 Å². The molecule has 0 aliphatic rings. The molecule has 0 aliphatic heterocycles. The molecule has 2 aromatic rings. The Bertz CT molecular complexity index is 645. The summed E-state index contributed by atoms with van der Waals surface area (Å²) in [5.41, 5.74) is -1.01. The number of nitrogens with zero attached hydrogens (tertiary/aromatic N) is 2. The van der Waals surface area contributed by atoms with Crippen LogP contribution in [-0.4, -0.2) is 4.98 Å². The summed E-state index contributed by atoms with van der Waals surface area (Å²) in [5, 5.41) is 8.99. The minimum absolute atomic E-state index is 0.0833. The van der Waals surface area contributed by atoms with Crippen LogP contribution in [0.1, 0.15) is 11.3 Å². The van der Waals surface area contributed by atoms with Crippen molar-refractivity contribution in [3.63, 3.8) is 0 Å². The number of hydrogen-bond acceptors (Lipinski definition) is 4. The van der Waals surface area contributed by atoms with Crippen molar-refractivity contribution in [2.75, 3.05) is 0 Å². The lowest BCUT2D eigenvalue weighted by atomic mass is 10.2. The lowest BCUT2D eigenvalue weighted by Gasteiger charge is -2.03. The molecule has 0 spiro atoms.